The normalized spacial score (nSPS) is 11.8. The summed E-state index contributed by atoms with van der Waals surface area (Å²) >= 11 is 5.88. The largest absolute Gasteiger partial charge is 0.357 e. The van der Waals surface area contributed by atoms with Gasteiger partial charge in [-0.2, -0.15) is 4.68 Å². The zero-order valence-electron chi connectivity index (χ0n) is 15.0. The molecule has 140 valence electrons. The average molecular weight is 380 g/mol. The Bertz CT molecular complexity index is 841. The number of hydrogen-bond acceptors (Lipinski definition) is 4. The minimum atomic E-state index is -0.691. The van der Waals surface area contributed by atoms with Crippen LogP contribution in [0.5, 0.6) is 0 Å². The second-order valence-electron chi connectivity index (χ2n) is 5.83. The molecule has 8 nitrogen and oxygen atoms in total. The third kappa shape index (κ3) is 4.51. The van der Waals surface area contributed by atoms with E-state index in [2.05, 4.69) is 15.7 Å². The summed E-state index contributed by atoms with van der Waals surface area (Å²) in [6.45, 7) is 3.33. The molecular weight excluding hydrogens is 358 g/mol. The van der Waals surface area contributed by atoms with E-state index in [9.17, 15) is 14.4 Å². The van der Waals surface area contributed by atoms with Crippen LogP contribution in [0.3, 0.4) is 0 Å². The fourth-order valence-electron chi connectivity index (χ4n) is 2.47. The van der Waals surface area contributed by atoms with E-state index < -0.39 is 17.6 Å². The van der Waals surface area contributed by atoms with E-state index in [0.717, 1.165) is 6.42 Å². The Morgan fingerprint density at radius 2 is 1.92 bits per heavy atom. The van der Waals surface area contributed by atoms with Crippen LogP contribution < -0.4 is 16.3 Å². The van der Waals surface area contributed by atoms with Crippen molar-refractivity contribution in [3.8, 4) is 5.69 Å². The highest BCUT2D eigenvalue weighted by Gasteiger charge is 2.19. The first-order valence-corrected chi connectivity index (χ1v) is 8.70. The highest BCUT2D eigenvalue weighted by atomic mass is 35.5. The Morgan fingerprint density at radius 1 is 1.27 bits per heavy atom. The van der Waals surface area contributed by atoms with E-state index in [1.807, 2.05) is 6.92 Å². The molecule has 1 heterocycles. The van der Waals surface area contributed by atoms with Crippen molar-refractivity contribution in [3.63, 3.8) is 0 Å². The van der Waals surface area contributed by atoms with Crippen molar-refractivity contribution in [3.05, 3.63) is 45.6 Å². The first-order valence-electron chi connectivity index (χ1n) is 8.33. The van der Waals surface area contributed by atoms with E-state index in [1.54, 1.807) is 31.2 Å². The van der Waals surface area contributed by atoms with Crippen molar-refractivity contribution in [2.75, 3.05) is 7.05 Å². The maximum atomic E-state index is 12.7. The lowest BCUT2D eigenvalue weighted by atomic mass is 10.3. The van der Waals surface area contributed by atoms with Crippen LogP contribution in [0.25, 0.3) is 5.69 Å². The van der Waals surface area contributed by atoms with Gasteiger partial charge >= 0.3 is 5.69 Å². The van der Waals surface area contributed by atoms with Crippen molar-refractivity contribution < 1.29 is 9.59 Å². The number of nitrogens with zero attached hydrogens (tertiary/aromatic N) is 3. The summed E-state index contributed by atoms with van der Waals surface area (Å²) in [6.07, 6.45) is 1.32. The molecule has 0 bridgehead atoms. The molecule has 0 aliphatic heterocycles. The van der Waals surface area contributed by atoms with Crippen molar-refractivity contribution in [1.82, 2.24) is 25.0 Å². The smallest absolute Gasteiger partial charge is 0.351 e. The van der Waals surface area contributed by atoms with Crippen LogP contribution in [0.2, 0.25) is 5.02 Å². The standard InChI is InChI=1S/C17H22ClN5O3/c1-4-5-14-21-23(13-8-6-12(18)7-9-13)17(26)22(14)10-15(24)20-11(2)16(25)19-3/h6-9,11H,4-5,10H2,1-3H3,(H,19,25)(H,20,24). The molecule has 2 rings (SSSR count). The summed E-state index contributed by atoms with van der Waals surface area (Å²) in [5, 5.41) is 9.93. The topological polar surface area (TPSA) is 98.0 Å². The number of likely N-dealkylation sites (N-methyl/N-ethyl adjacent to an activating group) is 1. The lowest BCUT2D eigenvalue weighted by Crippen LogP contribution is -2.45. The first-order chi connectivity index (χ1) is 12.4. The molecule has 2 amide bonds. The van der Waals surface area contributed by atoms with Gasteiger partial charge in [0.2, 0.25) is 11.8 Å². The van der Waals surface area contributed by atoms with E-state index in [1.165, 1.54) is 16.3 Å². The van der Waals surface area contributed by atoms with Gasteiger partial charge in [0, 0.05) is 18.5 Å². The van der Waals surface area contributed by atoms with Crippen LogP contribution in [-0.4, -0.2) is 39.3 Å². The van der Waals surface area contributed by atoms with Gasteiger partial charge < -0.3 is 10.6 Å². The van der Waals surface area contributed by atoms with Crippen molar-refractivity contribution in [1.29, 1.82) is 0 Å². The number of benzene rings is 1. The minimum Gasteiger partial charge on any atom is -0.357 e. The molecule has 1 aromatic carbocycles. The fourth-order valence-corrected chi connectivity index (χ4v) is 2.59. The number of hydrogen-bond donors (Lipinski definition) is 2. The van der Waals surface area contributed by atoms with E-state index >= 15 is 0 Å². The van der Waals surface area contributed by atoms with Crippen molar-refractivity contribution >= 4 is 23.4 Å². The maximum Gasteiger partial charge on any atom is 0.351 e. The van der Waals surface area contributed by atoms with Gasteiger partial charge in [0.05, 0.1) is 5.69 Å². The molecule has 0 saturated carbocycles. The number of carbonyl (C=O) groups excluding carboxylic acids is 2. The summed E-state index contributed by atoms with van der Waals surface area (Å²) in [7, 11) is 1.49. The van der Waals surface area contributed by atoms with Gasteiger partial charge in [0.15, 0.2) is 0 Å². The van der Waals surface area contributed by atoms with Gasteiger partial charge in [-0.05, 0) is 37.6 Å². The summed E-state index contributed by atoms with van der Waals surface area (Å²) < 4.78 is 2.57. The van der Waals surface area contributed by atoms with E-state index in [-0.39, 0.29) is 12.5 Å². The Labute approximate surface area is 156 Å². The lowest BCUT2D eigenvalue weighted by molar-refractivity contribution is -0.128. The maximum absolute atomic E-state index is 12.7. The number of amides is 2. The SMILES string of the molecule is CCCc1nn(-c2ccc(Cl)cc2)c(=O)n1CC(=O)NC(C)C(=O)NC. The summed E-state index contributed by atoms with van der Waals surface area (Å²) in [5.41, 5.74) is 0.146. The van der Waals surface area contributed by atoms with Gasteiger partial charge in [-0.25, -0.2) is 4.79 Å². The lowest BCUT2D eigenvalue weighted by Gasteiger charge is -2.12. The Kier molecular flexibility index (Phi) is 6.57. The molecule has 0 radical (unpaired) electrons. The summed E-state index contributed by atoms with van der Waals surface area (Å²) in [6, 6.07) is 6.01. The van der Waals surface area contributed by atoms with Gasteiger partial charge in [-0.15, -0.1) is 5.10 Å². The van der Waals surface area contributed by atoms with Crippen LogP contribution in [0.1, 0.15) is 26.1 Å². The highest BCUT2D eigenvalue weighted by Crippen LogP contribution is 2.12. The number of halogens is 1. The van der Waals surface area contributed by atoms with Crippen LogP contribution in [0.4, 0.5) is 0 Å². The van der Waals surface area contributed by atoms with E-state index in [4.69, 9.17) is 11.6 Å². The van der Waals surface area contributed by atoms with Crippen LogP contribution >= 0.6 is 11.6 Å². The Balaban J connectivity index is 2.29. The molecule has 26 heavy (non-hydrogen) atoms. The summed E-state index contributed by atoms with van der Waals surface area (Å²) in [4.78, 5) is 36.5. The molecule has 9 heteroatoms. The predicted molar refractivity (Wildman–Crippen MR) is 98.5 cm³/mol. The molecule has 0 fully saturated rings. The quantitative estimate of drug-likeness (QED) is 0.746. The average Bonchev–Trinajstić information content (AvgIpc) is 2.91. The first kappa shape index (κ1) is 19.7. The van der Waals surface area contributed by atoms with Crippen molar-refractivity contribution in [2.24, 2.45) is 0 Å². The second kappa shape index (κ2) is 8.66. The van der Waals surface area contributed by atoms with Crippen LogP contribution in [0, 0.1) is 0 Å². The zero-order chi connectivity index (χ0) is 19.3. The molecule has 1 unspecified atom stereocenters. The monoisotopic (exact) mass is 379 g/mol. The molecule has 0 spiro atoms. The molecule has 0 aliphatic carbocycles. The van der Waals surface area contributed by atoms with Gasteiger partial charge in [-0.3, -0.25) is 14.2 Å². The van der Waals surface area contributed by atoms with Crippen LogP contribution in [0.15, 0.2) is 29.1 Å². The number of carbonyl (C=O) groups is 2. The van der Waals surface area contributed by atoms with Crippen molar-refractivity contribution in [2.45, 2.75) is 39.3 Å². The Morgan fingerprint density at radius 3 is 2.50 bits per heavy atom. The molecule has 0 saturated heterocycles. The minimum absolute atomic E-state index is 0.205. The number of nitrogens with one attached hydrogen (secondary N) is 2. The molecule has 1 atom stereocenters. The molecular formula is C17H22ClN5O3. The number of aromatic nitrogens is 3. The second-order valence-corrected chi connectivity index (χ2v) is 6.26. The number of rotatable bonds is 7. The Hall–Kier alpha value is -2.61. The third-order valence-electron chi connectivity index (χ3n) is 3.80. The van der Waals surface area contributed by atoms with Gasteiger partial charge in [-0.1, -0.05) is 18.5 Å². The molecule has 1 aromatic heterocycles. The van der Waals surface area contributed by atoms with Gasteiger partial charge in [0.25, 0.3) is 0 Å². The number of aryl methyl sites for hydroxylation is 1. The zero-order valence-corrected chi connectivity index (χ0v) is 15.7. The van der Waals surface area contributed by atoms with E-state index in [0.29, 0.717) is 23.0 Å². The molecule has 2 aromatic rings. The van der Waals surface area contributed by atoms with Crippen LogP contribution in [-0.2, 0) is 22.6 Å². The molecule has 2 N–H and O–H groups in total. The fraction of sp³-hybridized carbons (Fsp3) is 0.412. The third-order valence-corrected chi connectivity index (χ3v) is 4.05. The van der Waals surface area contributed by atoms with Gasteiger partial charge in [0.1, 0.15) is 18.4 Å². The highest BCUT2D eigenvalue weighted by molar-refractivity contribution is 6.30. The predicted octanol–water partition coefficient (Wildman–Crippen LogP) is 0.891. The molecule has 0 aliphatic rings. The summed E-state index contributed by atoms with van der Waals surface area (Å²) in [5.74, 6) is -0.234.